The van der Waals surface area contributed by atoms with Gasteiger partial charge in [-0.1, -0.05) is 0 Å². The van der Waals surface area contributed by atoms with Crippen molar-refractivity contribution < 1.29 is 4.42 Å². The first-order valence-electron chi connectivity index (χ1n) is 5.51. The molecule has 0 radical (unpaired) electrons. The van der Waals surface area contributed by atoms with E-state index in [-0.39, 0.29) is 6.04 Å². The third-order valence-corrected chi connectivity index (χ3v) is 4.45. The Kier molecular flexibility index (Phi) is 2.97. The number of hydrogen-bond donors (Lipinski definition) is 1. The Morgan fingerprint density at radius 2 is 2.17 bits per heavy atom. The fourth-order valence-electron chi connectivity index (χ4n) is 1.83. The predicted octanol–water partition coefficient (Wildman–Crippen LogP) is 4.01. The topological polar surface area (TPSA) is 52.0 Å². The van der Waals surface area contributed by atoms with Crippen LogP contribution in [0.5, 0.6) is 0 Å². The van der Waals surface area contributed by atoms with Crippen molar-refractivity contribution in [1.82, 2.24) is 4.98 Å². The zero-order valence-electron chi connectivity index (χ0n) is 9.68. The fourth-order valence-corrected chi connectivity index (χ4v) is 3.27. The molecule has 18 heavy (non-hydrogen) atoms. The summed E-state index contributed by atoms with van der Waals surface area (Å²) in [6.45, 7) is 1.96. The predicted molar refractivity (Wildman–Crippen MR) is 76.8 cm³/mol. The van der Waals surface area contributed by atoms with E-state index in [2.05, 4.69) is 20.9 Å². The van der Waals surface area contributed by atoms with Crippen LogP contribution in [0.15, 0.2) is 38.5 Å². The Balaban J connectivity index is 2.03. The second-order valence-corrected chi connectivity index (χ2v) is 6.60. The molecule has 3 rings (SSSR count). The van der Waals surface area contributed by atoms with Gasteiger partial charge in [-0.3, -0.25) is 0 Å². The molecule has 3 aromatic rings. The Labute approximate surface area is 117 Å². The van der Waals surface area contributed by atoms with Crippen LogP contribution in [-0.4, -0.2) is 4.98 Å². The summed E-state index contributed by atoms with van der Waals surface area (Å²) in [4.78, 5) is 5.49. The van der Waals surface area contributed by atoms with Gasteiger partial charge in [0, 0.05) is 16.6 Å². The lowest BCUT2D eigenvalue weighted by Gasteiger charge is -2.04. The molecule has 0 fully saturated rings. The lowest BCUT2D eigenvalue weighted by Crippen LogP contribution is -2.08. The lowest BCUT2D eigenvalue weighted by atomic mass is 10.2. The molecule has 3 heterocycles. The molecule has 2 N–H and O–H groups in total. The van der Waals surface area contributed by atoms with Crippen LogP contribution >= 0.6 is 27.3 Å². The Morgan fingerprint density at radius 1 is 1.33 bits per heavy atom. The van der Waals surface area contributed by atoms with Crippen molar-refractivity contribution in [2.24, 2.45) is 5.73 Å². The zero-order chi connectivity index (χ0) is 12.7. The number of nitrogens with two attached hydrogens (primary N) is 1. The van der Waals surface area contributed by atoms with Crippen LogP contribution in [0.1, 0.15) is 22.4 Å². The first-order valence-corrected chi connectivity index (χ1v) is 7.12. The number of furan rings is 1. The molecule has 3 nitrogen and oxygen atoms in total. The molecule has 1 unspecified atom stereocenters. The molecule has 1 atom stereocenters. The summed E-state index contributed by atoms with van der Waals surface area (Å²) in [6.07, 6.45) is 0. The monoisotopic (exact) mass is 322 g/mol. The molecule has 92 valence electrons. The molecule has 0 aromatic carbocycles. The molecule has 3 aromatic heterocycles. The number of nitrogens with zero attached hydrogens (tertiary/aromatic N) is 1. The maximum absolute atomic E-state index is 6.20. The van der Waals surface area contributed by atoms with Crippen LogP contribution in [0.3, 0.4) is 0 Å². The van der Waals surface area contributed by atoms with Crippen molar-refractivity contribution in [2.75, 3.05) is 0 Å². The molecule has 0 aliphatic rings. The normalized spacial score (nSPS) is 13.1. The van der Waals surface area contributed by atoms with E-state index in [9.17, 15) is 0 Å². The SMILES string of the molecule is Cc1ccc2oc(C(N)c3ccc(Br)s3)cc2n1. The molecule has 0 aliphatic carbocycles. The summed E-state index contributed by atoms with van der Waals surface area (Å²) >= 11 is 5.05. The van der Waals surface area contributed by atoms with Crippen molar-refractivity contribution in [3.63, 3.8) is 0 Å². The minimum absolute atomic E-state index is 0.240. The second kappa shape index (κ2) is 4.50. The number of fused-ring (bicyclic) bond motifs is 1. The summed E-state index contributed by atoms with van der Waals surface area (Å²) in [7, 11) is 0. The number of aryl methyl sites for hydroxylation is 1. The van der Waals surface area contributed by atoms with Gasteiger partial charge in [0.05, 0.1) is 9.83 Å². The summed E-state index contributed by atoms with van der Waals surface area (Å²) in [6, 6.07) is 9.54. The van der Waals surface area contributed by atoms with Crippen LogP contribution in [0, 0.1) is 6.92 Å². The molecule has 0 saturated carbocycles. The van der Waals surface area contributed by atoms with Gasteiger partial charge in [-0.15, -0.1) is 11.3 Å². The summed E-state index contributed by atoms with van der Waals surface area (Å²) in [5.41, 5.74) is 8.81. The molecule has 0 spiro atoms. The summed E-state index contributed by atoms with van der Waals surface area (Å²) < 4.78 is 6.82. The zero-order valence-corrected chi connectivity index (χ0v) is 12.1. The van der Waals surface area contributed by atoms with E-state index in [1.807, 2.05) is 37.3 Å². The van der Waals surface area contributed by atoms with Gasteiger partial charge in [-0.2, -0.15) is 0 Å². The number of pyridine rings is 1. The van der Waals surface area contributed by atoms with E-state index < -0.39 is 0 Å². The highest BCUT2D eigenvalue weighted by atomic mass is 79.9. The van der Waals surface area contributed by atoms with Crippen LogP contribution < -0.4 is 5.73 Å². The van der Waals surface area contributed by atoms with Crippen LogP contribution in [0.4, 0.5) is 0 Å². The van der Waals surface area contributed by atoms with E-state index in [4.69, 9.17) is 10.2 Å². The highest BCUT2D eigenvalue weighted by molar-refractivity contribution is 9.11. The van der Waals surface area contributed by atoms with Crippen molar-refractivity contribution in [3.8, 4) is 0 Å². The Hall–Kier alpha value is -1.17. The van der Waals surface area contributed by atoms with Crippen LogP contribution in [0.2, 0.25) is 0 Å². The quantitative estimate of drug-likeness (QED) is 0.775. The molecular formula is C13H11BrN2OS. The molecule has 5 heteroatoms. The third-order valence-electron chi connectivity index (χ3n) is 2.74. The first-order chi connectivity index (χ1) is 8.63. The minimum Gasteiger partial charge on any atom is -0.457 e. The van der Waals surface area contributed by atoms with Gasteiger partial charge in [0.1, 0.15) is 11.3 Å². The average Bonchev–Trinajstić information content (AvgIpc) is 2.93. The largest absolute Gasteiger partial charge is 0.457 e. The number of aromatic nitrogens is 1. The lowest BCUT2D eigenvalue weighted by molar-refractivity contribution is 0.527. The van der Waals surface area contributed by atoms with Gasteiger partial charge in [-0.05, 0) is 47.1 Å². The highest BCUT2D eigenvalue weighted by Crippen LogP contribution is 2.32. The van der Waals surface area contributed by atoms with Gasteiger partial charge in [-0.25, -0.2) is 4.98 Å². The smallest absolute Gasteiger partial charge is 0.152 e. The van der Waals surface area contributed by atoms with Gasteiger partial charge >= 0.3 is 0 Å². The van der Waals surface area contributed by atoms with Crippen molar-refractivity contribution in [3.05, 3.63) is 50.4 Å². The maximum atomic E-state index is 6.20. The standard InChI is InChI=1S/C13H11BrN2OS/c1-7-2-3-9-8(16-7)6-10(17-9)13(15)11-4-5-12(14)18-11/h2-6,13H,15H2,1H3. The van der Waals surface area contributed by atoms with Crippen molar-refractivity contribution in [1.29, 1.82) is 0 Å². The van der Waals surface area contributed by atoms with E-state index >= 15 is 0 Å². The van der Waals surface area contributed by atoms with Crippen molar-refractivity contribution in [2.45, 2.75) is 13.0 Å². The fraction of sp³-hybridized carbons (Fsp3) is 0.154. The first kappa shape index (κ1) is 11.9. The molecular weight excluding hydrogens is 312 g/mol. The van der Waals surface area contributed by atoms with E-state index in [1.165, 1.54) is 0 Å². The van der Waals surface area contributed by atoms with Gasteiger partial charge in [0.2, 0.25) is 0 Å². The highest BCUT2D eigenvalue weighted by Gasteiger charge is 2.16. The number of halogens is 1. The number of thiophene rings is 1. The van der Waals surface area contributed by atoms with Crippen LogP contribution in [0.25, 0.3) is 11.1 Å². The van der Waals surface area contributed by atoms with Gasteiger partial charge < -0.3 is 10.2 Å². The van der Waals surface area contributed by atoms with E-state index in [0.29, 0.717) is 0 Å². The van der Waals surface area contributed by atoms with Crippen LogP contribution in [-0.2, 0) is 0 Å². The Bertz CT molecular complexity index is 704. The molecule has 0 bridgehead atoms. The second-order valence-electron chi connectivity index (χ2n) is 4.10. The Morgan fingerprint density at radius 3 is 2.89 bits per heavy atom. The van der Waals surface area contributed by atoms with E-state index in [1.54, 1.807) is 11.3 Å². The van der Waals surface area contributed by atoms with Gasteiger partial charge in [0.15, 0.2) is 5.58 Å². The third kappa shape index (κ3) is 2.09. The average molecular weight is 323 g/mol. The van der Waals surface area contributed by atoms with Gasteiger partial charge in [0.25, 0.3) is 0 Å². The minimum atomic E-state index is -0.240. The molecule has 0 amide bonds. The molecule has 0 aliphatic heterocycles. The van der Waals surface area contributed by atoms with E-state index in [0.717, 1.165) is 31.2 Å². The van der Waals surface area contributed by atoms with Crippen molar-refractivity contribution >= 4 is 38.4 Å². The summed E-state index contributed by atoms with van der Waals surface area (Å²) in [5.74, 6) is 0.748. The number of hydrogen-bond acceptors (Lipinski definition) is 4. The maximum Gasteiger partial charge on any atom is 0.152 e. The molecule has 0 saturated heterocycles. The summed E-state index contributed by atoms with van der Waals surface area (Å²) in [5, 5.41) is 0. The number of rotatable bonds is 2.